The van der Waals surface area contributed by atoms with Gasteiger partial charge < -0.3 is 44.6 Å². The molecular weight excluding hydrogens is 1010 g/mol. The number of carbonyl (C=O) groups excluding carboxylic acids is 1. The van der Waals surface area contributed by atoms with Gasteiger partial charge in [-0.25, -0.2) is 0 Å². The largest absolute Gasteiger partial charge is 0.504 e. The number of phenols is 1. The molecule has 4 fully saturated rings. The third-order valence-electron chi connectivity index (χ3n) is 18.1. The molecule has 12 nitrogen and oxygen atoms in total. The van der Waals surface area contributed by atoms with Gasteiger partial charge >= 0.3 is 5.97 Å². The number of carbonyl (C=O) groups is 2. The molecule has 79 heavy (non-hydrogen) atoms. The zero-order valence-corrected chi connectivity index (χ0v) is 49.0. The second-order valence-electron chi connectivity index (χ2n) is 24.4. The number of rotatable bonds is 13. The van der Waals surface area contributed by atoms with Crippen molar-refractivity contribution < 1.29 is 39.5 Å². The van der Waals surface area contributed by atoms with Gasteiger partial charge in [-0.2, -0.15) is 0 Å². The Labute approximate surface area is 474 Å². The molecule has 0 radical (unpaired) electrons. The summed E-state index contributed by atoms with van der Waals surface area (Å²) in [5.41, 5.74) is 5.53. The van der Waals surface area contributed by atoms with Crippen LogP contribution in [0.1, 0.15) is 119 Å². The molecule has 13 heteroatoms. The molecule has 3 heterocycles. The van der Waals surface area contributed by atoms with Crippen molar-refractivity contribution in [2.24, 2.45) is 17.8 Å². The summed E-state index contributed by atoms with van der Waals surface area (Å²) in [6.07, 6.45) is 9.61. The molecular formula is C66H86N4O8S. The van der Waals surface area contributed by atoms with E-state index < -0.39 is 34.6 Å². The summed E-state index contributed by atoms with van der Waals surface area (Å²) in [5.74, 6) is 1.94. The second kappa shape index (κ2) is 24.4. The third-order valence-corrected chi connectivity index (χ3v) is 19.2. The van der Waals surface area contributed by atoms with Gasteiger partial charge in [0.1, 0.15) is 5.75 Å². The van der Waals surface area contributed by atoms with Crippen molar-refractivity contribution >= 4 is 34.9 Å². The number of ether oxygens (including phenoxy) is 2. The van der Waals surface area contributed by atoms with E-state index >= 15 is 0 Å². The minimum Gasteiger partial charge on any atom is -0.504 e. The molecule has 12 rings (SSSR count). The van der Waals surface area contributed by atoms with Crippen molar-refractivity contribution in [1.29, 1.82) is 0 Å². The topological polar surface area (TPSA) is 146 Å². The molecule has 5 aromatic rings. The number of aromatic hydroxyl groups is 1. The number of methoxy groups -OCH3 is 1. The molecule has 4 aliphatic carbocycles. The maximum absolute atomic E-state index is 12.7. The van der Waals surface area contributed by atoms with Crippen molar-refractivity contribution in [2.45, 2.75) is 149 Å². The van der Waals surface area contributed by atoms with E-state index in [1.165, 1.54) is 46.0 Å². The molecule has 1 spiro atoms. The number of carboxylic acids is 1. The van der Waals surface area contributed by atoms with Crippen molar-refractivity contribution in [2.75, 3.05) is 66.4 Å². The van der Waals surface area contributed by atoms with E-state index in [0.29, 0.717) is 36.5 Å². The lowest BCUT2D eigenvalue weighted by Gasteiger charge is -2.62. The van der Waals surface area contributed by atoms with Gasteiger partial charge in [0.25, 0.3) is 0 Å². The Hall–Kier alpha value is -5.41. The van der Waals surface area contributed by atoms with Crippen molar-refractivity contribution in [3.63, 3.8) is 0 Å². The predicted octanol–water partition coefficient (Wildman–Crippen LogP) is 11.5. The summed E-state index contributed by atoms with van der Waals surface area (Å²) in [4.78, 5) is 35.5. The molecule has 4 N–H and O–H groups in total. The summed E-state index contributed by atoms with van der Waals surface area (Å²) in [6.45, 7) is 12.2. The number of carboxylic acid groups (broad SMARTS) is 1. The fourth-order valence-electron chi connectivity index (χ4n) is 13.4. The average Bonchev–Trinajstić information content (AvgIpc) is 3.85. The van der Waals surface area contributed by atoms with E-state index in [1.807, 2.05) is 66.4 Å². The number of Topliss-reactive ketones (excluding diaryl/α,β-unsaturated/α-hetero) is 1. The highest BCUT2D eigenvalue weighted by atomic mass is 32.2. The number of phenolic OH excluding ortho intramolecular Hbond substituents is 1. The van der Waals surface area contributed by atoms with Crippen LogP contribution >= 0.6 is 11.8 Å². The van der Waals surface area contributed by atoms with Crippen LogP contribution in [-0.4, -0.2) is 132 Å². The lowest BCUT2D eigenvalue weighted by molar-refractivity contribution is -0.188. The number of ketones is 1. The van der Waals surface area contributed by atoms with Crippen LogP contribution in [0.4, 0.5) is 11.4 Å². The van der Waals surface area contributed by atoms with Gasteiger partial charge in [0, 0.05) is 59.4 Å². The van der Waals surface area contributed by atoms with Gasteiger partial charge in [-0.15, -0.1) is 0 Å². The highest BCUT2D eigenvalue weighted by Crippen LogP contribution is 2.65. The Kier molecular flexibility index (Phi) is 18.0. The Morgan fingerprint density at radius 2 is 1.52 bits per heavy atom. The molecule has 0 aromatic heterocycles. The van der Waals surface area contributed by atoms with Crippen molar-refractivity contribution in [3.8, 4) is 17.2 Å². The number of aliphatic hydroxyl groups is 2. The number of benzene rings is 5. The second-order valence-corrected chi connectivity index (χ2v) is 25.5. The van der Waals surface area contributed by atoms with E-state index in [-0.39, 0.29) is 17.6 Å². The Bertz CT molecular complexity index is 2880. The first kappa shape index (κ1) is 58.3. The molecule has 1 saturated heterocycles. The first-order valence-corrected chi connectivity index (χ1v) is 29.7. The number of hydrogen-bond donors (Lipinski definition) is 4. The zero-order chi connectivity index (χ0) is 56.4. The molecule has 5 aromatic carbocycles. The Morgan fingerprint density at radius 1 is 0.835 bits per heavy atom. The van der Waals surface area contributed by atoms with Crippen LogP contribution < -0.4 is 14.4 Å². The van der Waals surface area contributed by atoms with Gasteiger partial charge in [0.05, 0.1) is 41.0 Å². The number of para-hydroxylation sites is 2. The SMILES string of the molecule is CC(C)Cc1ccc(C(C)C(=O)O)cc1.CC(CN1c2ccccc2Sc2ccccc21)N(C)C.COc1cccc([C@@]2(O)CCCC[C@@H]2CN(C)C)c1.O=C1CC[C@@]2(O)[C@H]3Cc4ccc(O)c5c4[C@@]2(CCN3CC2CC2)[C@H]1O5. The third kappa shape index (κ3) is 12.0. The van der Waals surface area contributed by atoms with Crippen molar-refractivity contribution in [3.05, 3.63) is 137 Å². The average molecular weight is 1100 g/mol. The molecule has 8 atom stereocenters. The summed E-state index contributed by atoms with van der Waals surface area (Å²) >= 11 is 1.87. The number of aliphatic carboxylic acids is 1. The standard InChI is InChI=1S/C20H23NO4.C17H20N2S.C16H25NO2.C13H18O2/c22-13-4-3-12-9-15-20(24)6-5-14(23)18-19(20,16(12)17(13)25-18)7-8-21(15)10-11-1-2-11;1-13(18(2)3)12-19-14-8-4-6-10-16(14)20-17-11-7-5-9-15(17)19;1-17(2)12-14-7-4-5-10-16(14,18)13-8-6-9-15(11-13)19-3;1-9(2)8-11-4-6-12(7-5-11)10(3)13(14)15/h3-4,11,15,18,22,24H,1-2,5-10H2;4-11,13H,12H2,1-3H3;6,8-9,11,14,18H,4-5,7,10,12H2,1-3H3;4-7,9-10H,8H2,1-3H3,(H,14,15)/t15-,18+,19+,20-;;14-,16+;/m1.1./s1. The number of nitrogens with zero attached hydrogens (tertiary/aromatic N) is 4. The van der Waals surface area contributed by atoms with E-state index in [0.717, 1.165) is 98.6 Å². The summed E-state index contributed by atoms with van der Waals surface area (Å²) in [5, 5.41) is 42.3. The fourth-order valence-corrected chi connectivity index (χ4v) is 14.5. The smallest absolute Gasteiger partial charge is 0.310 e. The monoisotopic (exact) mass is 1090 g/mol. The molecule has 0 amide bonds. The maximum Gasteiger partial charge on any atom is 0.310 e. The minimum absolute atomic E-state index is 0.0454. The van der Waals surface area contributed by atoms with E-state index in [2.05, 4.69) is 117 Å². The number of likely N-dealkylation sites (N-methyl/N-ethyl adjacent to an activating group) is 1. The highest BCUT2D eigenvalue weighted by Gasteiger charge is 2.73. The number of anilines is 2. The quantitative estimate of drug-likeness (QED) is 0.0888. The van der Waals surface area contributed by atoms with Crippen LogP contribution in [0.3, 0.4) is 0 Å². The Balaban J connectivity index is 0.000000130. The van der Waals surface area contributed by atoms with Crippen LogP contribution in [-0.2, 0) is 33.4 Å². The van der Waals surface area contributed by atoms with E-state index in [1.54, 1.807) is 20.1 Å². The van der Waals surface area contributed by atoms with Gasteiger partial charge in [-0.05, 0) is 177 Å². The number of likely N-dealkylation sites (tertiary alicyclic amines) is 1. The van der Waals surface area contributed by atoms with Crippen molar-refractivity contribution in [1.82, 2.24) is 14.7 Å². The summed E-state index contributed by atoms with van der Waals surface area (Å²) in [7, 11) is 10.1. The lowest BCUT2D eigenvalue weighted by Crippen LogP contribution is -2.76. The zero-order valence-electron chi connectivity index (χ0n) is 48.2. The van der Waals surface area contributed by atoms with Crippen LogP contribution in [0.5, 0.6) is 17.2 Å². The van der Waals surface area contributed by atoms with Gasteiger partial charge in [-0.1, -0.05) is 105 Å². The molecule has 3 saturated carbocycles. The molecule has 424 valence electrons. The fraction of sp³-hybridized carbons (Fsp3) is 0.515. The minimum atomic E-state index is -0.940. The van der Waals surface area contributed by atoms with Gasteiger partial charge in [0.2, 0.25) is 0 Å². The van der Waals surface area contributed by atoms with Crippen LogP contribution in [0.15, 0.2) is 119 Å². The van der Waals surface area contributed by atoms with Crippen LogP contribution in [0, 0.1) is 17.8 Å². The first-order valence-electron chi connectivity index (χ1n) is 28.9. The van der Waals surface area contributed by atoms with Crippen LogP contribution in [0.25, 0.3) is 0 Å². The highest BCUT2D eigenvalue weighted by molar-refractivity contribution is 7.99. The van der Waals surface area contributed by atoms with E-state index in [4.69, 9.17) is 14.6 Å². The van der Waals surface area contributed by atoms with Crippen LogP contribution in [0.2, 0.25) is 0 Å². The van der Waals surface area contributed by atoms with Gasteiger partial charge in [0.15, 0.2) is 23.4 Å². The Morgan fingerprint density at radius 3 is 2.14 bits per heavy atom. The maximum atomic E-state index is 12.7. The molecule has 2 bridgehead atoms. The molecule has 3 aliphatic heterocycles. The summed E-state index contributed by atoms with van der Waals surface area (Å²) < 4.78 is 11.3. The van der Waals surface area contributed by atoms with Gasteiger partial charge in [-0.3, -0.25) is 14.5 Å². The van der Waals surface area contributed by atoms with E-state index in [9.17, 15) is 24.9 Å². The first-order chi connectivity index (χ1) is 37.8. The summed E-state index contributed by atoms with van der Waals surface area (Å²) in [6, 6.07) is 37.3. The number of fused-ring (bicyclic) bond motifs is 2. The lowest BCUT2D eigenvalue weighted by atomic mass is 9.49. The molecule has 2 unspecified atom stereocenters. The molecule has 7 aliphatic rings. The number of hydrogen-bond acceptors (Lipinski definition) is 12. The predicted molar refractivity (Wildman–Crippen MR) is 315 cm³/mol. The normalized spacial score (nSPS) is 25.9. The number of piperidine rings is 1.